The molecule has 0 spiro atoms. The molecule has 1 atom stereocenters. The number of para-hydroxylation sites is 1. The maximum Gasteiger partial charge on any atom is 0.254 e. The maximum atomic E-state index is 13.8. The summed E-state index contributed by atoms with van der Waals surface area (Å²) in [5, 5.41) is 0.894. The number of hydrogen-bond donors (Lipinski definition) is 0. The van der Waals surface area contributed by atoms with E-state index in [-0.39, 0.29) is 5.91 Å². The Balaban J connectivity index is 1.14. The topological polar surface area (TPSA) is 65.7 Å². The molecule has 4 aromatic rings. The SMILES string of the molecule is O=C(c1cc(-c2ccco2)nc2ccccc12)N1CCCC(CN2CCN(c3ccccn3)CC2)C1. The third-order valence-corrected chi connectivity index (χ3v) is 7.39. The predicted molar refractivity (Wildman–Crippen MR) is 141 cm³/mol. The second kappa shape index (κ2) is 10.1. The van der Waals surface area contributed by atoms with Gasteiger partial charge in [0.05, 0.1) is 17.3 Å². The summed E-state index contributed by atoms with van der Waals surface area (Å²) >= 11 is 0. The molecule has 5 heterocycles. The Hall–Kier alpha value is -3.71. The molecule has 6 rings (SSSR count). The van der Waals surface area contributed by atoms with Crippen LogP contribution in [0.3, 0.4) is 0 Å². The van der Waals surface area contributed by atoms with Crippen molar-refractivity contribution in [2.24, 2.45) is 5.92 Å². The normalized spacial score (nSPS) is 19.1. The maximum absolute atomic E-state index is 13.8. The largest absolute Gasteiger partial charge is 0.463 e. The molecule has 2 fully saturated rings. The molecule has 36 heavy (non-hydrogen) atoms. The van der Waals surface area contributed by atoms with E-state index in [9.17, 15) is 4.79 Å². The number of carbonyl (C=O) groups excluding carboxylic acids is 1. The van der Waals surface area contributed by atoms with Crippen LogP contribution in [0.15, 0.2) is 77.5 Å². The lowest BCUT2D eigenvalue weighted by molar-refractivity contribution is 0.0639. The summed E-state index contributed by atoms with van der Waals surface area (Å²) in [7, 11) is 0. The average Bonchev–Trinajstić information content (AvgIpc) is 3.48. The van der Waals surface area contributed by atoms with Gasteiger partial charge < -0.3 is 14.2 Å². The first-order chi connectivity index (χ1) is 17.7. The number of amides is 1. The first-order valence-corrected chi connectivity index (χ1v) is 12.9. The number of anilines is 1. The number of benzene rings is 1. The fourth-order valence-electron chi connectivity index (χ4n) is 5.54. The number of hydrogen-bond acceptors (Lipinski definition) is 6. The molecule has 2 saturated heterocycles. The molecular weight excluding hydrogens is 450 g/mol. The summed E-state index contributed by atoms with van der Waals surface area (Å²) < 4.78 is 5.59. The van der Waals surface area contributed by atoms with E-state index in [0.29, 0.717) is 22.9 Å². The van der Waals surface area contributed by atoms with Crippen LogP contribution in [0.1, 0.15) is 23.2 Å². The monoisotopic (exact) mass is 481 g/mol. The molecule has 2 aliphatic heterocycles. The summed E-state index contributed by atoms with van der Waals surface area (Å²) in [6, 6.07) is 19.6. The molecule has 184 valence electrons. The van der Waals surface area contributed by atoms with Crippen molar-refractivity contribution in [2.75, 3.05) is 50.7 Å². The number of piperazine rings is 1. The van der Waals surface area contributed by atoms with Crippen molar-refractivity contribution in [1.82, 2.24) is 19.8 Å². The van der Waals surface area contributed by atoms with Crippen LogP contribution in [0, 0.1) is 5.92 Å². The van der Waals surface area contributed by atoms with Gasteiger partial charge in [-0.05, 0) is 55.2 Å². The second-order valence-corrected chi connectivity index (χ2v) is 9.78. The number of aromatic nitrogens is 2. The lowest BCUT2D eigenvalue weighted by atomic mass is 9.95. The van der Waals surface area contributed by atoms with E-state index in [1.807, 2.05) is 65.7 Å². The van der Waals surface area contributed by atoms with Gasteiger partial charge in [0.1, 0.15) is 11.5 Å². The van der Waals surface area contributed by atoms with E-state index in [0.717, 1.165) is 69.0 Å². The van der Waals surface area contributed by atoms with E-state index in [1.165, 1.54) is 6.42 Å². The first-order valence-electron chi connectivity index (χ1n) is 12.9. The standard InChI is InChI=1S/C29H31N5O2/c35-29(24-19-26(27-10-6-18-36-27)31-25-9-2-1-8-23(24)25)34-13-5-7-22(21-34)20-32-14-16-33(17-15-32)28-11-3-4-12-30-28/h1-4,6,8-12,18-19,22H,5,7,13-17,20-21H2. The fourth-order valence-corrected chi connectivity index (χ4v) is 5.54. The minimum Gasteiger partial charge on any atom is -0.463 e. The van der Waals surface area contributed by atoms with Gasteiger partial charge in [-0.2, -0.15) is 0 Å². The van der Waals surface area contributed by atoms with Crippen molar-refractivity contribution in [1.29, 1.82) is 0 Å². The molecule has 0 aliphatic carbocycles. The molecule has 0 N–H and O–H groups in total. The van der Waals surface area contributed by atoms with Gasteiger partial charge in [-0.3, -0.25) is 9.69 Å². The zero-order valence-electron chi connectivity index (χ0n) is 20.4. The Kier molecular flexibility index (Phi) is 6.38. The number of piperidine rings is 1. The van der Waals surface area contributed by atoms with E-state index >= 15 is 0 Å². The Labute approximate surface area is 211 Å². The molecule has 2 aliphatic rings. The second-order valence-electron chi connectivity index (χ2n) is 9.78. The van der Waals surface area contributed by atoms with Crippen molar-refractivity contribution in [3.63, 3.8) is 0 Å². The van der Waals surface area contributed by atoms with Crippen LogP contribution < -0.4 is 4.90 Å². The number of furan rings is 1. The van der Waals surface area contributed by atoms with E-state index in [4.69, 9.17) is 9.40 Å². The number of pyridine rings is 2. The van der Waals surface area contributed by atoms with Gasteiger partial charge in [-0.25, -0.2) is 9.97 Å². The zero-order valence-corrected chi connectivity index (χ0v) is 20.4. The molecule has 1 amide bonds. The molecule has 0 radical (unpaired) electrons. The predicted octanol–water partition coefficient (Wildman–Crippen LogP) is 4.56. The van der Waals surface area contributed by atoms with Crippen LogP contribution in [-0.2, 0) is 0 Å². The minimum atomic E-state index is 0.0890. The van der Waals surface area contributed by atoms with Gasteiger partial charge in [-0.1, -0.05) is 24.3 Å². The Bertz CT molecular complexity index is 1320. The molecule has 3 aromatic heterocycles. The van der Waals surface area contributed by atoms with Gasteiger partial charge in [0.2, 0.25) is 0 Å². The van der Waals surface area contributed by atoms with E-state index in [1.54, 1.807) is 6.26 Å². The summed E-state index contributed by atoms with van der Waals surface area (Å²) in [4.78, 5) is 30.0. The summed E-state index contributed by atoms with van der Waals surface area (Å²) in [6.45, 7) is 6.68. The van der Waals surface area contributed by atoms with Crippen molar-refractivity contribution >= 4 is 22.6 Å². The Morgan fingerprint density at radius 2 is 1.83 bits per heavy atom. The van der Waals surface area contributed by atoms with Crippen molar-refractivity contribution in [2.45, 2.75) is 12.8 Å². The van der Waals surface area contributed by atoms with Gasteiger partial charge in [0, 0.05) is 57.4 Å². The van der Waals surface area contributed by atoms with Crippen LogP contribution in [-0.4, -0.2) is 71.5 Å². The van der Waals surface area contributed by atoms with Gasteiger partial charge in [0.25, 0.3) is 5.91 Å². The van der Waals surface area contributed by atoms with E-state index < -0.39 is 0 Å². The average molecular weight is 482 g/mol. The number of carbonyl (C=O) groups is 1. The zero-order chi connectivity index (χ0) is 24.3. The quantitative estimate of drug-likeness (QED) is 0.416. The molecule has 0 bridgehead atoms. The smallest absolute Gasteiger partial charge is 0.254 e. The molecule has 7 heteroatoms. The Morgan fingerprint density at radius 3 is 2.64 bits per heavy atom. The summed E-state index contributed by atoms with van der Waals surface area (Å²) in [6.07, 6.45) is 5.70. The van der Waals surface area contributed by atoms with Crippen LogP contribution in [0.5, 0.6) is 0 Å². The molecule has 7 nitrogen and oxygen atoms in total. The minimum absolute atomic E-state index is 0.0890. The summed E-state index contributed by atoms with van der Waals surface area (Å²) in [5.41, 5.74) is 2.21. The van der Waals surface area contributed by atoms with E-state index in [2.05, 4.69) is 20.9 Å². The van der Waals surface area contributed by atoms with Crippen LogP contribution >= 0.6 is 0 Å². The molecular formula is C29H31N5O2. The molecule has 1 unspecified atom stereocenters. The van der Waals surface area contributed by atoms with Crippen LogP contribution in [0.4, 0.5) is 5.82 Å². The highest BCUT2D eigenvalue weighted by Gasteiger charge is 2.28. The lowest BCUT2D eigenvalue weighted by Crippen LogP contribution is -2.50. The van der Waals surface area contributed by atoms with Crippen molar-refractivity contribution < 1.29 is 9.21 Å². The number of rotatable bonds is 5. The number of nitrogens with zero attached hydrogens (tertiary/aromatic N) is 5. The first kappa shape index (κ1) is 22.7. The van der Waals surface area contributed by atoms with Gasteiger partial charge in [-0.15, -0.1) is 0 Å². The van der Waals surface area contributed by atoms with Gasteiger partial charge in [0.15, 0.2) is 5.76 Å². The number of likely N-dealkylation sites (tertiary alicyclic amines) is 1. The molecule has 0 saturated carbocycles. The third kappa shape index (κ3) is 4.71. The van der Waals surface area contributed by atoms with Crippen LogP contribution in [0.2, 0.25) is 0 Å². The Morgan fingerprint density at radius 1 is 0.972 bits per heavy atom. The highest BCUT2D eigenvalue weighted by molar-refractivity contribution is 6.07. The van der Waals surface area contributed by atoms with Gasteiger partial charge >= 0.3 is 0 Å². The highest BCUT2D eigenvalue weighted by Crippen LogP contribution is 2.28. The van der Waals surface area contributed by atoms with Crippen LogP contribution in [0.25, 0.3) is 22.4 Å². The van der Waals surface area contributed by atoms with Crippen molar-refractivity contribution in [3.05, 3.63) is 78.7 Å². The lowest BCUT2D eigenvalue weighted by Gasteiger charge is -2.39. The highest BCUT2D eigenvalue weighted by atomic mass is 16.3. The third-order valence-electron chi connectivity index (χ3n) is 7.39. The fraction of sp³-hybridized carbons (Fsp3) is 0.345. The number of fused-ring (bicyclic) bond motifs is 1. The summed E-state index contributed by atoms with van der Waals surface area (Å²) in [5.74, 6) is 2.31. The van der Waals surface area contributed by atoms with Crippen molar-refractivity contribution in [3.8, 4) is 11.5 Å². The molecule has 1 aromatic carbocycles.